The van der Waals surface area contributed by atoms with Crippen molar-refractivity contribution in [3.63, 3.8) is 0 Å². The zero-order valence-corrected chi connectivity index (χ0v) is 15.2. The number of pyridine rings is 1. The maximum Gasteiger partial charge on any atom is 0.254 e. The first-order valence-electron chi connectivity index (χ1n) is 9.43. The van der Waals surface area contributed by atoms with Gasteiger partial charge in [0, 0.05) is 37.0 Å². The van der Waals surface area contributed by atoms with Gasteiger partial charge in [-0.1, -0.05) is 18.2 Å². The van der Waals surface area contributed by atoms with Gasteiger partial charge in [-0.25, -0.2) is 0 Å². The van der Waals surface area contributed by atoms with E-state index in [1.807, 2.05) is 47.4 Å². The van der Waals surface area contributed by atoms with Crippen molar-refractivity contribution in [2.24, 2.45) is 0 Å². The van der Waals surface area contributed by atoms with E-state index in [9.17, 15) is 9.59 Å². The van der Waals surface area contributed by atoms with Crippen LogP contribution >= 0.6 is 0 Å². The van der Waals surface area contributed by atoms with Crippen LogP contribution in [-0.2, 0) is 9.53 Å². The van der Waals surface area contributed by atoms with Crippen molar-refractivity contribution >= 4 is 11.8 Å². The summed E-state index contributed by atoms with van der Waals surface area (Å²) in [5.74, 6) is -0.0399. The Morgan fingerprint density at radius 3 is 2.67 bits per heavy atom. The number of carbonyl (C=O) groups is 2. The highest BCUT2D eigenvalue weighted by Gasteiger charge is 2.37. The number of aromatic nitrogens is 1. The van der Waals surface area contributed by atoms with Gasteiger partial charge < -0.3 is 14.5 Å². The lowest BCUT2D eigenvalue weighted by atomic mass is 10.1. The lowest BCUT2D eigenvalue weighted by molar-refractivity contribution is -0.139. The third-order valence-corrected chi connectivity index (χ3v) is 5.19. The van der Waals surface area contributed by atoms with E-state index in [1.54, 1.807) is 11.1 Å². The molecule has 140 valence electrons. The Morgan fingerprint density at radius 2 is 1.89 bits per heavy atom. The smallest absolute Gasteiger partial charge is 0.254 e. The van der Waals surface area contributed by atoms with Gasteiger partial charge in [0.25, 0.3) is 5.91 Å². The van der Waals surface area contributed by atoms with Gasteiger partial charge in [-0.05, 0) is 37.1 Å². The molecule has 2 amide bonds. The van der Waals surface area contributed by atoms with E-state index in [4.69, 9.17) is 4.74 Å². The number of amides is 2. The van der Waals surface area contributed by atoms with Crippen LogP contribution in [0.3, 0.4) is 0 Å². The van der Waals surface area contributed by atoms with Crippen LogP contribution in [0.15, 0.2) is 48.7 Å². The fourth-order valence-corrected chi connectivity index (χ4v) is 3.77. The van der Waals surface area contributed by atoms with Gasteiger partial charge in [0.05, 0.1) is 18.9 Å². The first-order chi connectivity index (χ1) is 13.2. The quantitative estimate of drug-likeness (QED) is 0.837. The molecule has 0 aliphatic carbocycles. The second-order valence-corrected chi connectivity index (χ2v) is 6.89. The summed E-state index contributed by atoms with van der Waals surface area (Å²) >= 11 is 0. The molecule has 2 fully saturated rings. The number of ether oxygens (including phenoxy) is 1. The molecular formula is C21H23N3O3. The summed E-state index contributed by atoms with van der Waals surface area (Å²) in [6, 6.07) is 12.8. The average molecular weight is 365 g/mol. The maximum absolute atomic E-state index is 13.1. The normalized spacial score (nSPS) is 19.9. The standard InChI is InChI=1S/C21H23N3O3/c25-20(17-6-3-5-16(15-17)18-7-1-2-9-22-18)24-10-4-8-19(24)21(26)23-11-13-27-14-12-23/h1-3,5-7,9,15,19H,4,8,10-14H2. The molecule has 1 atom stereocenters. The number of nitrogens with zero attached hydrogens (tertiary/aromatic N) is 3. The van der Waals surface area contributed by atoms with E-state index >= 15 is 0 Å². The van der Waals surface area contributed by atoms with Crippen LogP contribution in [0, 0.1) is 0 Å². The molecule has 0 spiro atoms. The van der Waals surface area contributed by atoms with Gasteiger partial charge in [0.2, 0.25) is 5.91 Å². The van der Waals surface area contributed by atoms with Crippen molar-refractivity contribution < 1.29 is 14.3 Å². The van der Waals surface area contributed by atoms with Gasteiger partial charge in [-0.15, -0.1) is 0 Å². The first-order valence-corrected chi connectivity index (χ1v) is 9.43. The van der Waals surface area contributed by atoms with E-state index < -0.39 is 0 Å². The van der Waals surface area contributed by atoms with Crippen molar-refractivity contribution in [2.45, 2.75) is 18.9 Å². The molecule has 1 unspecified atom stereocenters. The molecule has 0 N–H and O–H groups in total. The topological polar surface area (TPSA) is 62.7 Å². The highest BCUT2D eigenvalue weighted by molar-refractivity contribution is 5.98. The molecule has 2 saturated heterocycles. The number of benzene rings is 1. The molecule has 1 aromatic carbocycles. The van der Waals surface area contributed by atoms with E-state index in [2.05, 4.69) is 4.98 Å². The van der Waals surface area contributed by atoms with Crippen molar-refractivity contribution in [1.29, 1.82) is 0 Å². The summed E-state index contributed by atoms with van der Waals surface area (Å²) in [6.07, 6.45) is 3.32. The Hall–Kier alpha value is -2.73. The van der Waals surface area contributed by atoms with Crippen molar-refractivity contribution in [3.8, 4) is 11.3 Å². The lowest BCUT2D eigenvalue weighted by Gasteiger charge is -2.32. The Labute approximate surface area is 158 Å². The zero-order chi connectivity index (χ0) is 18.6. The summed E-state index contributed by atoms with van der Waals surface area (Å²) in [5.41, 5.74) is 2.33. The summed E-state index contributed by atoms with van der Waals surface area (Å²) in [6.45, 7) is 2.96. The summed E-state index contributed by atoms with van der Waals surface area (Å²) < 4.78 is 5.33. The van der Waals surface area contributed by atoms with Gasteiger partial charge in [0.1, 0.15) is 6.04 Å². The molecule has 6 heteroatoms. The molecular weight excluding hydrogens is 342 g/mol. The maximum atomic E-state index is 13.1. The third kappa shape index (κ3) is 3.71. The molecule has 2 aromatic rings. The minimum absolute atomic E-state index is 0.0463. The van der Waals surface area contributed by atoms with Gasteiger partial charge in [0.15, 0.2) is 0 Å². The third-order valence-electron chi connectivity index (χ3n) is 5.19. The largest absolute Gasteiger partial charge is 0.378 e. The number of carbonyl (C=O) groups excluding carboxylic acids is 2. The summed E-state index contributed by atoms with van der Waals surface area (Å²) in [4.78, 5) is 33.9. The molecule has 0 bridgehead atoms. The fraction of sp³-hybridized carbons (Fsp3) is 0.381. The van der Waals surface area contributed by atoms with Gasteiger partial charge in [-0.2, -0.15) is 0 Å². The lowest BCUT2D eigenvalue weighted by Crippen LogP contribution is -2.51. The van der Waals surface area contributed by atoms with Gasteiger partial charge >= 0.3 is 0 Å². The highest BCUT2D eigenvalue weighted by atomic mass is 16.5. The SMILES string of the molecule is O=C(C1CCCN1C(=O)c1cccc(-c2ccccn2)c1)N1CCOCC1. The van der Waals surface area contributed by atoms with E-state index in [0.717, 1.165) is 24.1 Å². The van der Waals surface area contributed by atoms with Crippen molar-refractivity contribution in [1.82, 2.24) is 14.8 Å². The van der Waals surface area contributed by atoms with Crippen LogP contribution in [0.4, 0.5) is 0 Å². The van der Waals surface area contributed by atoms with E-state index in [0.29, 0.717) is 38.4 Å². The first kappa shape index (κ1) is 17.7. The molecule has 27 heavy (non-hydrogen) atoms. The number of rotatable bonds is 3. The molecule has 3 heterocycles. The van der Waals surface area contributed by atoms with Crippen LogP contribution in [0.1, 0.15) is 23.2 Å². The molecule has 4 rings (SSSR count). The number of hydrogen-bond acceptors (Lipinski definition) is 4. The molecule has 0 saturated carbocycles. The number of morpholine rings is 1. The molecule has 2 aliphatic rings. The van der Waals surface area contributed by atoms with Crippen LogP contribution in [0.5, 0.6) is 0 Å². The van der Waals surface area contributed by atoms with Crippen LogP contribution in [-0.4, -0.2) is 65.5 Å². The Bertz CT molecular complexity index is 818. The van der Waals surface area contributed by atoms with Crippen LogP contribution < -0.4 is 0 Å². The Morgan fingerprint density at radius 1 is 1.04 bits per heavy atom. The zero-order valence-electron chi connectivity index (χ0n) is 15.2. The van der Waals surface area contributed by atoms with Crippen LogP contribution in [0.2, 0.25) is 0 Å². The molecule has 1 aromatic heterocycles. The van der Waals surface area contributed by atoms with Crippen molar-refractivity contribution in [2.75, 3.05) is 32.8 Å². The molecule has 2 aliphatic heterocycles. The fourth-order valence-electron chi connectivity index (χ4n) is 3.77. The number of hydrogen-bond donors (Lipinski definition) is 0. The highest BCUT2D eigenvalue weighted by Crippen LogP contribution is 2.24. The van der Waals surface area contributed by atoms with Crippen molar-refractivity contribution in [3.05, 3.63) is 54.2 Å². The average Bonchev–Trinajstić information content (AvgIpc) is 3.24. The summed E-state index contributed by atoms with van der Waals surface area (Å²) in [5, 5.41) is 0. The predicted molar refractivity (Wildman–Crippen MR) is 101 cm³/mol. The molecule has 6 nitrogen and oxygen atoms in total. The second-order valence-electron chi connectivity index (χ2n) is 6.89. The van der Waals surface area contributed by atoms with E-state index in [-0.39, 0.29) is 17.9 Å². The van der Waals surface area contributed by atoms with Gasteiger partial charge in [-0.3, -0.25) is 14.6 Å². The Balaban J connectivity index is 1.54. The van der Waals surface area contributed by atoms with E-state index in [1.165, 1.54) is 0 Å². The van der Waals surface area contributed by atoms with Crippen LogP contribution in [0.25, 0.3) is 11.3 Å². The monoisotopic (exact) mass is 365 g/mol. The minimum Gasteiger partial charge on any atom is -0.378 e. The predicted octanol–water partition coefficient (Wildman–Crippen LogP) is 2.21. The minimum atomic E-state index is -0.367. The second kappa shape index (κ2) is 7.88. The summed E-state index contributed by atoms with van der Waals surface area (Å²) in [7, 11) is 0. The number of likely N-dealkylation sites (tertiary alicyclic amines) is 1. The Kier molecular flexibility index (Phi) is 5.16. The molecule has 0 radical (unpaired) electrons.